The van der Waals surface area contributed by atoms with E-state index in [4.69, 9.17) is 0 Å². The Balaban J connectivity index is 1.36. The summed E-state index contributed by atoms with van der Waals surface area (Å²) in [4.78, 5) is 33.1. The second kappa shape index (κ2) is 8.42. The molecule has 0 radical (unpaired) electrons. The molecule has 7 nitrogen and oxygen atoms in total. The molecule has 8 heteroatoms. The van der Waals surface area contributed by atoms with Gasteiger partial charge in [0.1, 0.15) is 11.6 Å². The van der Waals surface area contributed by atoms with Gasteiger partial charge in [-0.1, -0.05) is 12.1 Å². The van der Waals surface area contributed by atoms with E-state index >= 15 is 0 Å². The van der Waals surface area contributed by atoms with Crippen molar-refractivity contribution in [3.05, 3.63) is 63.6 Å². The molecule has 3 N–H and O–H groups in total. The van der Waals surface area contributed by atoms with E-state index in [2.05, 4.69) is 20.8 Å². The van der Waals surface area contributed by atoms with Gasteiger partial charge in [-0.25, -0.2) is 9.37 Å². The van der Waals surface area contributed by atoms with Crippen LogP contribution in [-0.2, 0) is 11.2 Å². The van der Waals surface area contributed by atoms with Crippen molar-refractivity contribution in [1.29, 1.82) is 0 Å². The van der Waals surface area contributed by atoms with Crippen molar-refractivity contribution in [3.8, 4) is 0 Å². The van der Waals surface area contributed by atoms with Gasteiger partial charge in [-0.15, -0.1) is 0 Å². The molecule has 0 bridgehead atoms. The SMILES string of the molecule is Cc1ncc(CC(=O)N2CCC(C3NNCC3c3cccc(F)c3)CC2)c(=O)[nH]1. The summed E-state index contributed by atoms with van der Waals surface area (Å²) in [6.45, 7) is 3.79. The van der Waals surface area contributed by atoms with Gasteiger partial charge in [-0.2, -0.15) is 0 Å². The normalized spacial score (nSPS) is 22.8. The Morgan fingerprint density at radius 2 is 2.10 bits per heavy atom. The summed E-state index contributed by atoms with van der Waals surface area (Å²) < 4.78 is 13.6. The van der Waals surface area contributed by atoms with Crippen LogP contribution in [0.1, 0.15) is 35.7 Å². The summed E-state index contributed by atoms with van der Waals surface area (Å²) in [7, 11) is 0. The highest BCUT2D eigenvalue weighted by molar-refractivity contribution is 5.78. The first kappa shape index (κ1) is 19.7. The number of hydrogen-bond donors (Lipinski definition) is 3. The third kappa shape index (κ3) is 4.38. The van der Waals surface area contributed by atoms with Crippen LogP contribution in [0.4, 0.5) is 4.39 Å². The van der Waals surface area contributed by atoms with Crippen LogP contribution >= 0.6 is 0 Å². The van der Waals surface area contributed by atoms with E-state index in [1.54, 1.807) is 19.1 Å². The lowest BCUT2D eigenvalue weighted by molar-refractivity contribution is -0.132. The largest absolute Gasteiger partial charge is 0.342 e. The summed E-state index contributed by atoms with van der Waals surface area (Å²) in [6, 6.07) is 7.01. The average Bonchev–Trinajstić information content (AvgIpc) is 3.20. The Morgan fingerprint density at radius 1 is 1.31 bits per heavy atom. The topological polar surface area (TPSA) is 90.1 Å². The smallest absolute Gasteiger partial charge is 0.254 e. The monoisotopic (exact) mass is 399 g/mol. The molecule has 0 aliphatic carbocycles. The van der Waals surface area contributed by atoms with Crippen molar-refractivity contribution < 1.29 is 9.18 Å². The highest BCUT2D eigenvalue weighted by Crippen LogP contribution is 2.32. The zero-order valence-electron chi connectivity index (χ0n) is 16.5. The predicted octanol–water partition coefficient (Wildman–Crippen LogP) is 1.26. The number of aromatic nitrogens is 2. The molecule has 4 rings (SSSR count). The number of halogens is 1. The molecule has 3 heterocycles. The number of amides is 1. The Kier molecular flexibility index (Phi) is 5.73. The van der Waals surface area contributed by atoms with E-state index in [0.717, 1.165) is 24.9 Å². The Hall–Kier alpha value is -2.58. The van der Waals surface area contributed by atoms with E-state index in [0.29, 0.717) is 30.4 Å². The van der Waals surface area contributed by atoms with Gasteiger partial charge in [-0.05, 0) is 43.4 Å². The van der Waals surface area contributed by atoms with Gasteiger partial charge in [0, 0.05) is 43.4 Å². The molecule has 2 unspecified atom stereocenters. The molecule has 2 aliphatic heterocycles. The van der Waals surface area contributed by atoms with Crippen molar-refractivity contribution >= 4 is 5.91 Å². The van der Waals surface area contributed by atoms with Gasteiger partial charge >= 0.3 is 0 Å². The summed E-state index contributed by atoms with van der Waals surface area (Å²) in [6.07, 6.45) is 3.30. The maximum absolute atomic E-state index is 13.6. The molecule has 2 aliphatic rings. The van der Waals surface area contributed by atoms with Crippen LogP contribution < -0.4 is 16.4 Å². The molecule has 154 valence electrons. The lowest BCUT2D eigenvalue weighted by Gasteiger charge is -2.36. The number of nitrogens with zero attached hydrogens (tertiary/aromatic N) is 2. The fourth-order valence-corrected chi connectivity index (χ4v) is 4.44. The zero-order valence-corrected chi connectivity index (χ0v) is 16.5. The van der Waals surface area contributed by atoms with Crippen LogP contribution in [0.3, 0.4) is 0 Å². The Labute approximate surface area is 168 Å². The molecule has 2 saturated heterocycles. The lowest BCUT2D eigenvalue weighted by Crippen LogP contribution is -2.46. The van der Waals surface area contributed by atoms with E-state index in [-0.39, 0.29) is 35.7 Å². The summed E-state index contributed by atoms with van der Waals surface area (Å²) in [5, 5.41) is 0. The summed E-state index contributed by atoms with van der Waals surface area (Å²) >= 11 is 0. The molecular weight excluding hydrogens is 373 g/mol. The highest BCUT2D eigenvalue weighted by Gasteiger charge is 2.37. The molecule has 1 aromatic heterocycles. The highest BCUT2D eigenvalue weighted by atomic mass is 19.1. The molecular formula is C21H26FN5O2. The minimum Gasteiger partial charge on any atom is -0.342 e. The number of H-pyrrole nitrogens is 1. The van der Waals surface area contributed by atoms with Crippen molar-refractivity contribution in [2.24, 2.45) is 5.92 Å². The van der Waals surface area contributed by atoms with Gasteiger partial charge in [0.15, 0.2) is 0 Å². The van der Waals surface area contributed by atoms with Crippen molar-refractivity contribution in [2.75, 3.05) is 19.6 Å². The minimum absolute atomic E-state index is 0.0428. The average molecular weight is 399 g/mol. The number of nitrogens with one attached hydrogen (secondary N) is 3. The maximum atomic E-state index is 13.6. The van der Waals surface area contributed by atoms with Gasteiger partial charge in [0.05, 0.1) is 6.42 Å². The first-order valence-corrected chi connectivity index (χ1v) is 10.1. The van der Waals surface area contributed by atoms with Crippen LogP contribution in [0.5, 0.6) is 0 Å². The van der Waals surface area contributed by atoms with E-state index in [9.17, 15) is 14.0 Å². The number of likely N-dealkylation sites (tertiary alicyclic amines) is 1. The van der Waals surface area contributed by atoms with Crippen LogP contribution in [0, 0.1) is 18.7 Å². The Bertz CT molecular complexity index is 939. The van der Waals surface area contributed by atoms with Crippen LogP contribution in [0.25, 0.3) is 0 Å². The fourth-order valence-electron chi connectivity index (χ4n) is 4.44. The minimum atomic E-state index is -0.250. The van der Waals surface area contributed by atoms with Crippen LogP contribution in [-0.4, -0.2) is 46.5 Å². The number of aromatic amines is 1. The number of hydrazine groups is 1. The van der Waals surface area contributed by atoms with Gasteiger partial charge in [0.2, 0.25) is 5.91 Å². The number of benzene rings is 1. The van der Waals surface area contributed by atoms with E-state index in [1.165, 1.54) is 12.3 Å². The molecule has 1 aromatic carbocycles. The molecule has 2 aromatic rings. The van der Waals surface area contributed by atoms with Crippen molar-refractivity contribution in [2.45, 2.75) is 38.1 Å². The number of carbonyl (C=O) groups is 1. The zero-order chi connectivity index (χ0) is 20.4. The number of aryl methyl sites for hydroxylation is 1. The Morgan fingerprint density at radius 3 is 2.83 bits per heavy atom. The second-order valence-corrected chi connectivity index (χ2v) is 7.93. The van der Waals surface area contributed by atoms with Gasteiger partial charge in [-0.3, -0.25) is 20.4 Å². The number of hydrogen-bond acceptors (Lipinski definition) is 5. The fraction of sp³-hybridized carbons (Fsp3) is 0.476. The van der Waals surface area contributed by atoms with Crippen molar-refractivity contribution in [3.63, 3.8) is 0 Å². The second-order valence-electron chi connectivity index (χ2n) is 7.93. The number of carbonyl (C=O) groups excluding carboxylic acids is 1. The van der Waals surface area contributed by atoms with Gasteiger partial charge in [0.25, 0.3) is 5.56 Å². The quantitative estimate of drug-likeness (QED) is 0.720. The first-order valence-electron chi connectivity index (χ1n) is 10.1. The van der Waals surface area contributed by atoms with E-state index < -0.39 is 0 Å². The molecule has 1 amide bonds. The van der Waals surface area contributed by atoms with Gasteiger partial charge < -0.3 is 9.88 Å². The predicted molar refractivity (Wildman–Crippen MR) is 107 cm³/mol. The maximum Gasteiger partial charge on any atom is 0.254 e. The molecule has 0 saturated carbocycles. The molecule has 2 atom stereocenters. The lowest BCUT2D eigenvalue weighted by atomic mass is 9.80. The molecule has 0 spiro atoms. The number of piperidine rings is 1. The van der Waals surface area contributed by atoms with Crippen LogP contribution in [0.2, 0.25) is 0 Å². The third-order valence-electron chi connectivity index (χ3n) is 6.04. The number of rotatable bonds is 4. The van der Waals surface area contributed by atoms with E-state index in [1.807, 2.05) is 11.0 Å². The first-order chi connectivity index (χ1) is 14.0. The van der Waals surface area contributed by atoms with Crippen LogP contribution in [0.15, 0.2) is 35.3 Å². The molecule has 29 heavy (non-hydrogen) atoms. The summed E-state index contributed by atoms with van der Waals surface area (Å²) in [5.41, 5.74) is 7.72. The molecule has 2 fully saturated rings. The third-order valence-corrected chi connectivity index (χ3v) is 6.04. The van der Waals surface area contributed by atoms with Crippen molar-refractivity contribution in [1.82, 2.24) is 25.7 Å². The standard InChI is InChI=1S/C21H26FN5O2/c1-13-23-11-16(21(29)25-13)10-19(28)27-7-5-14(6-8-27)20-18(12-24-26-20)15-3-2-4-17(22)9-15/h2-4,9,11,14,18,20,24,26H,5-8,10,12H2,1H3,(H,23,25,29). The summed E-state index contributed by atoms with van der Waals surface area (Å²) in [5.74, 6) is 0.882.